The van der Waals surface area contributed by atoms with Gasteiger partial charge in [0.2, 0.25) is 0 Å². The van der Waals surface area contributed by atoms with E-state index < -0.39 is 0 Å². The van der Waals surface area contributed by atoms with Crippen LogP contribution in [0.2, 0.25) is 5.02 Å². The molecule has 0 amide bonds. The van der Waals surface area contributed by atoms with E-state index in [0.29, 0.717) is 6.54 Å². The van der Waals surface area contributed by atoms with E-state index in [9.17, 15) is 0 Å². The first-order valence-corrected chi connectivity index (χ1v) is 7.14. The van der Waals surface area contributed by atoms with E-state index in [4.69, 9.17) is 17.3 Å². The zero-order valence-electron chi connectivity index (χ0n) is 10.3. The summed E-state index contributed by atoms with van der Waals surface area (Å²) in [6.45, 7) is 2.69. The van der Waals surface area contributed by atoms with Gasteiger partial charge in [-0.2, -0.15) is 0 Å². The number of hydrogen-bond donors (Lipinski definition) is 1. The highest BCUT2D eigenvalue weighted by molar-refractivity contribution is 7.99. The molecular weight excluding hydrogens is 262 g/mol. The van der Waals surface area contributed by atoms with E-state index in [-0.39, 0.29) is 5.25 Å². The Morgan fingerprint density at radius 2 is 1.94 bits per heavy atom. The van der Waals surface area contributed by atoms with Gasteiger partial charge in [-0.3, -0.25) is 0 Å². The van der Waals surface area contributed by atoms with E-state index in [1.54, 1.807) is 11.8 Å². The summed E-state index contributed by atoms with van der Waals surface area (Å²) in [6, 6.07) is 16.3. The largest absolute Gasteiger partial charge is 0.329 e. The molecule has 2 aromatic rings. The number of rotatable bonds is 4. The third kappa shape index (κ3) is 3.29. The Morgan fingerprint density at radius 3 is 2.61 bits per heavy atom. The van der Waals surface area contributed by atoms with Gasteiger partial charge in [-0.15, -0.1) is 11.8 Å². The first-order valence-electron chi connectivity index (χ1n) is 5.88. The standard InChI is InChI=1S/C15H16ClNS/c1-11-5-4-6-12(9-11)15(10-17)18-14-8-3-2-7-13(14)16/h2-9,15H,10,17H2,1H3. The Balaban J connectivity index is 2.23. The highest BCUT2D eigenvalue weighted by Crippen LogP contribution is 2.38. The molecule has 0 saturated carbocycles. The minimum absolute atomic E-state index is 0.241. The van der Waals surface area contributed by atoms with E-state index in [1.165, 1.54) is 11.1 Å². The Kier molecular flexibility index (Phi) is 4.70. The van der Waals surface area contributed by atoms with Crippen molar-refractivity contribution in [3.05, 3.63) is 64.7 Å². The molecule has 0 aromatic heterocycles. The van der Waals surface area contributed by atoms with Crippen LogP contribution in [-0.4, -0.2) is 6.54 Å². The third-order valence-corrected chi connectivity index (χ3v) is 4.53. The SMILES string of the molecule is Cc1cccc(C(CN)Sc2ccccc2Cl)c1. The van der Waals surface area contributed by atoms with Crippen molar-refractivity contribution < 1.29 is 0 Å². The summed E-state index contributed by atoms with van der Waals surface area (Å²) >= 11 is 7.90. The van der Waals surface area contributed by atoms with Crippen LogP contribution in [0.15, 0.2) is 53.4 Å². The number of nitrogens with two attached hydrogens (primary N) is 1. The molecule has 1 atom stereocenters. The van der Waals surface area contributed by atoms with Crippen LogP contribution in [0, 0.1) is 6.92 Å². The Hall–Kier alpha value is -0.960. The number of benzene rings is 2. The predicted octanol–water partition coefficient (Wildman–Crippen LogP) is 4.44. The molecule has 3 heteroatoms. The van der Waals surface area contributed by atoms with Gasteiger partial charge in [-0.1, -0.05) is 53.6 Å². The lowest BCUT2D eigenvalue weighted by Gasteiger charge is -2.16. The molecule has 0 bridgehead atoms. The van der Waals surface area contributed by atoms with Crippen molar-refractivity contribution in [2.24, 2.45) is 5.73 Å². The van der Waals surface area contributed by atoms with Crippen LogP contribution in [-0.2, 0) is 0 Å². The lowest BCUT2D eigenvalue weighted by molar-refractivity contribution is 0.939. The highest BCUT2D eigenvalue weighted by atomic mass is 35.5. The van der Waals surface area contributed by atoms with Crippen LogP contribution in [0.5, 0.6) is 0 Å². The Morgan fingerprint density at radius 1 is 1.17 bits per heavy atom. The van der Waals surface area contributed by atoms with Crippen LogP contribution in [0.25, 0.3) is 0 Å². The zero-order chi connectivity index (χ0) is 13.0. The van der Waals surface area contributed by atoms with Crippen molar-refractivity contribution in [2.45, 2.75) is 17.1 Å². The predicted molar refractivity (Wildman–Crippen MR) is 80.3 cm³/mol. The average molecular weight is 278 g/mol. The van der Waals surface area contributed by atoms with Gasteiger partial charge in [0.1, 0.15) is 0 Å². The fourth-order valence-corrected chi connectivity index (χ4v) is 3.11. The van der Waals surface area contributed by atoms with Crippen molar-refractivity contribution in [3.8, 4) is 0 Å². The van der Waals surface area contributed by atoms with E-state index in [0.717, 1.165) is 9.92 Å². The van der Waals surface area contributed by atoms with Crippen LogP contribution in [0.4, 0.5) is 0 Å². The molecule has 1 unspecified atom stereocenters. The lowest BCUT2D eigenvalue weighted by Crippen LogP contribution is -2.09. The van der Waals surface area contributed by atoms with Gasteiger partial charge in [0.25, 0.3) is 0 Å². The summed E-state index contributed by atoms with van der Waals surface area (Å²) in [6.07, 6.45) is 0. The third-order valence-electron chi connectivity index (χ3n) is 2.73. The van der Waals surface area contributed by atoms with Gasteiger partial charge in [0.15, 0.2) is 0 Å². The molecule has 0 aliphatic carbocycles. The van der Waals surface area contributed by atoms with Crippen molar-refractivity contribution in [2.75, 3.05) is 6.54 Å². The summed E-state index contributed by atoms with van der Waals surface area (Å²) < 4.78 is 0. The zero-order valence-corrected chi connectivity index (χ0v) is 11.8. The second kappa shape index (κ2) is 6.28. The Bertz CT molecular complexity index is 527. The second-order valence-corrected chi connectivity index (χ2v) is 5.84. The molecule has 18 heavy (non-hydrogen) atoms. The van der Waals surface area contributed by atoms with E-state index in [2.05, 4.69) is 31.2 Å². The Labute approximate surface area is 117 Å². The number of hydrogen-bond acceptors (Lipinski definition) is 2. The molecule has 94 valence electrons. The monoisotopic (exact) mass is 277 g/mol. The summed E-state index contributed by atoms with van der Waals surface area (Å²) in [5.41, 5.74) is 8.40. The molecule has 2 N–H and O–H groups in total. The first kappa shape index (κ1) is 13.5. The van der Waals surface area contributed by atoms with Crippen molar-refractivity contribution in [1.29, 1.82) is 0 Å². The average Bonchev–Trinajstić information content (AvgIpc) is 2.38. The molecule has 0 fully saturated rings. The molecule has 2 rings (SSSR count). The van der Waals surface area contributed by atoms with Gasteiger partial charge in [0, 0.05) is 16.7 Å². The summed E-state index contributed by atoms with van der Waals surface area (Å²) in [5, 5.41) is 1.03. The molecule has 0 saturated heterocycles. The van der Waals surface area contributed by atoms with Crippen LogP contribution in [0.1, 0.15) is 16.4 Å². The maximum absolute atomic E-state index is 6.18. The van der Waals surface area contributed by atoms with E-state index in [1.807, 2.05) is 24.3 Å². The lowest BCUT2D eigenvalue weighted by atomic mass is 10.1. The second-order valence-electron chi connectivity index (χ2n) is 4.19. The molecule has 0 aliphatic rings. The molecule has 2 aromatic carbocycles. The maximum atomic E-state index is 6.18. The van der Waals surface area contributed by atoms with Gasteiger partial charge >= 0.3 is 0 Å². The minimum atomic E-state index is 0.241. The maximum Gasteiger partial charge on any atom is 0.0542 e. The number of thioether (sulfide) groups is 1. The van der Waals surface area contributed by atoms with Crippen molar-refractivity contribution in [1.82, 2.24) is 0 Å². The van der Waals surface area contributed by atoms with Gasteiger partial charge in [-0.05, 0) is 24.6 Å². The quantitative estimate of drug-likeness (QED) is 0.836. The smallest absolute Gasteiger partial charge is 0.0542 e. The molecule has 0 spiro atoms. The van der Waals surface area contributed by atoms with Gasteiger partial charge in [0.05, 0.1) is 5.02 Å². The van der Waals surface area contributed by atoms with Crippen LogP contribution < -0.4 is 5.73 Å². The number of halogens is 1. The van der Waals surface area contributed by atoms with Gasteiger partial charge < -0.3 is 5.73 Å². The number of aryl methyl sites for hydroxylation is 1. The fourth-order valence-electron chi connectivity index (χ4n) is 1.82. The van der Waals surface area contributed by atoms with Crippen molar-refractivity contribution >= 4 is 23.4 Å². The summed E-state index contributed by atoms with van der Waals surface area (Å²) in [7, 11) is 0. The first-order chi connectivity index (χ1) is 8.70. The fraction of sp³-hybridized carbons (Fsp3) is 0.200. The van der Waals surface area contributed by atoms with Gasteiger partial charge in [-0.25, -0.2) is 0 Å². The normalized spacial score (nSPS) is 12.4. The molecular formula is C15H16ClNS. The summed E-state index contributed by atoms with van der Waals surface area (Å²) in [4.78, 5) is 1.08. The highest BCUT2D eigenvalue weighted by Gasteiger charge is 2.13. The molecule has 0 heterocycles. The molecule has 1 nitrogen and oxygen atoms in total. The minimum Gasteiger partial charge on any atom is -0.329 e. The molecule has 0 aliphatic heterocycles. The van der Waals surface area contributed by atoms with Crippen molar-refractivity contribution in [3.63, 3.8) is 0 Å². The topological polar surface area (TPSA) is 26.0 Å². The van der Waals surface area contributed by atoms with Crippen LogP contribution in [0.3, 0.4) is 0 Å². The van der Waals surface area contributed by atoms with Crippen LogP contribution >= 0.6 is 23.4 Å². The molecule has 0 radical (unpaired) electrons. The summed E-state index contributed by atoms with van der Waals surface area (Å²) in [5.74, 6) is 0. The van der Waals surface area contributed by atoms with E-state index >= 15 is 0 Å².